The second-order valence-electron chi connectivity index (χ2n) is 4.08. The summed E-state index contributed by atoms with van der Waals surface area (Å²) in [5.41, 5.74) is 5.67. The van der Waals surface area contributed by atoms with E-state index in [1.807, 2.05) is 0 Å². The van der Waals surface area contributed by atoms with Crippen LogP contribution in [0.5, 0.6) is 0 Å². The highest BCUT2D eigenvalue weighted by atomic mass is 19.1. The summed E-state index contributed by atoms with van der Waals surface area (Å²) in [4.78, 5) is 17.2. The number of benzene rings is 1. The Morgan fingerprint density at radius 3 is 2.50 bits per heavy atom. The molecule has 0 saturated heterocycles. The van der Waals surface area contributed by atoms with E-state index in [1.165, 1.54) is 41.4 Å². The number of aromatic nitrogens is 1. The van der Waals surface area contributed by atoms with Gasteiger partial charge in [-0.15, -0.1) is 0 Å². The molecule has 104 valence electrons. The molecule has 0 unspecified atom stereocenters. The largest absolute Gasteiger partial charge is 0.381 e. The molecule has 1 aromatic heterocycles. The molecular formula is C14H13F2N3O. The number of anilines is 2. The first-order chi connectivity index (χ1) is 9.54. The molecule has 20 heavy (non-hydrogen) atoms. The summed E-state index contributed by atoms with van der Waals surface area (Å²) in [6.07, 6.45) is 1.27. The van der Waals surface area contributed by atoms with Crippen molar-refractivity contribution in [1.82, 2.24) is 4.98 Å². The smallest absolute Gasteiger partial charge is 0.261 e. The number of hydrogen-bond acceptors (Lipinski definition) is 3. The van der Waals surface area contributed by atoms with Crippen LogP contribution < -0.4 is 10.6 Å². The van der Waals surface area contributed by atoms with Gasteiger partial charge in [-0.1, -0.05) is 0 Å². The van der Waals surface area contributed by atoms with Gasteiger partial charge in [0.15, 0.2) is 11.6 Å². The van der Waals surface area contributed by atoms with Crippen molar-refractivity contribution in [2.24, 2.45) is 0 Å². The molecule has 0 saturated carbocycles. The second-order valence-corrected chi connectivity index (χ2v) is 4.08. The first kappa shape index (κ1) is 13.9. The summed E-state index contributed by atoms with van der Waals surface area (Å²) in [6, 6.07) is 6.66. The van der Waals surface area contributed by atoms with Gasteiger partial charge in [-0.3, -0.25) is 4.79 Å². The number of halogens is 2. The lowest BCUT2D eigenvalue weighted by Crippen LogP contribution is -2.31. The third kappa shape index (κ3) is 2.59. The molecule has 0 spiro atoms. The van der Waals surface area contributed by atoms with E-state index < -0.39 is 17.5 Å². The number of pyridine rings is 1. The van der Waals surface area contributed by atoms with E-state index in [9.17, 15) is 13.6 Å². The van der Waals surface area contributed by atoms with Crippen LogP contribution in [-0.4, -0.2) is 17.4 Å². The van der Waals surface area contributed by atoms with Crippen molar-refractivity contribution >= 4 is 17.4 Å². The molecule has 0 aliphatic rings. The summed E-state index contributed by atoms with van der Waals surface area (Å²) in [7, 11) is 0. The van der Waals surface area contributed by atoms with Crippen LogP contribution in [0.3, 0.4) is 0 Å². The Balaban J connectivity index is 2.39. The number of nitrogens with zero attached hydrogens (tertiary/aromatic N) is 2. The normalized spacial score (nSPS) is 10.3. The highest BCUT2D eigenvalue weighted by Gasteiger charge is 2.21. The highest BCUT2D eigenvalue weighted by Crippen LogP contribution is 2.20. The van der Waals surface area contributed by atoms with Gasteiger partial charge in [0.05, 0.1) is 5.56 Å². The van der Waals surface area contributed by atoms with Crippen LogP contribution in [-0.2, 0) is 0 Å². The molecule has 0 radical (unpaired) electrons. The van der Waals surface area contributed by atoms with E-state index in [4.69, 9.17) is 5.73 Å². The molecule has 1 aromatic carbocycles. The first-order valence-electron chi connectivity index (χ1n) is 6.02. The summed E-state index contributed by atoms with van der Waals surface area (Å²) < 4.78 is 26.7. The quantitative estimate of drug-likeness (QED) is 0.938. The summed E-state index contributed by atoms with van der Waals surface area (Å²) in [5, 5.41) is 0. The van der Waals surface area contributed by atoms with E-state index in [1.54, 1.807) is 6.92 Å². The Morgan fingerprint density at radius 2 is 1.90 bits per heavy atom. The fraction of sp³-hybridized carbons (Fsp3) is 0.143. The average Bonchev–Trinajstić information content (AvgIpc) is 2.44. The fourth-order valence-corrected chi connectivity index (χ4v) is 1.83. The van der Waals surface area contributed by atoms with Gasteiger partial charge in [0.2, 0.25) is 0 Å². The maximum Gasteiger partial charge on any atom is 0.261 e. The molecule has 0 bridgehead atoms. The van der Waals surface area contributed by atoms with Crippen molar-refractivity contribution in [3.05, 3.63) is 53.7 Å². The molecule has 1 heterocycles. The van der Waals surface area contributed by atoms with Crippen molar-refractivity contribution in [1.29, 1.82) is 0 Å². The lowest BCUT2D eigenvalue weighted by molar-refractivity contribution is 0.0984. The Hall–Kier alpha value is -2.50. The number of amides is 1. The van der Waals surface area contributed by atoms with Crippen LogP contribution in [0.25, 0.3) is 0 Å². The van der Waals surface area contributed by atoms with Crippen molar-refractivity contribution < 1.29 is 13.6 Å². The van der Waals surface area contributed by atoms with Crippen LogP contribution in [0.1, 0.15) is 17.3 Å². The monoisotopic (exact) mass is 277 g/mol. The predicted octanol–water partition coefficient (Wildman–Crippen LogP) is 2.61. The van der Waals surface area contributed by atoms with Gasteiger partial charge in [0.25, 0.3) is 5.91 Å². The molecule has 2 aromatic rings. The maximum atomic E-state index is 13.8. The topological polar surface area (TPSA) is 59.2 Å². The minimum absolute atomic E-state index is 0.163. The van der Waals surface area contributed by atoms with Crippen LogP contribution in [0, 0.1) is 11.6 Å². The van der Waals surface area contributed by atoms with Crippen LogP contribution in [0.15, 0.2) is 36.5 Å². The van der Waals surface area contributed by atoms with Gasteiger partial charge >= 0.3 is 0 Å². The maximum absolute atomic E-state index is 13.8. The molecule has 6 heteroatoms. The molecule has 0 aliphatic carbocycles. The van der Waals surface area contributed by atoms with Crippen LogP contribution in [0.4, 0.5) is 20.3 Å². The van der Waals surface area contributed by atoms with Gasteiger partial charge in [0, 0.05) is 18.4 Å². The van der Waals surface area contributed by atoms with Crippen molar-refractivity contribution in [3.63, 3.8) is 0 Å². The summed E-state index contributed by atoms with van der Waals surface area (Å²) in [6.45, 7) is 2.05. The number of hydrogen-bond donors (Lipinski definition) is 1. The molecular weight excluding hydrogens is 264 g/mol. The van der Waals surface area contributed by atoms with Crippen LogP contribution in [0.2, 0.25) is 0 Å². The van der Waals surface area contributed by atoms with E-state index >= 15 is 0 Å². The lowest BCUT2D eigenvalue weighted by Gasteiger charge is -2.21. The molecule has 2 N–H and O–H groups in total. The fourth-order valence-electron chi connectivity index (χ4n) is 1.83. The number of nitrogens with two attached hydrogens (primary N) is 1. The highest BCUT2D eigenvalue weighted by molar-refractivity contribution is 6.06. The third-order valence-electron chi connectivity index (χ3n) is 2.85. The van der Waals surface area contributed by atoms with E-state index in [-0.39, 0.29) is 11.4 Å². The second kappa shape index (κ2) is 5.64. The zero-order valence-corrected chi connectivity index (χ0v) is 10.8. The molecule has 0 aliphatic heterocycles. The third-order valence-corrected chi connectivity index (χ3v) is 2.85. The molecule has 1 amide bonds. The summed E-state index contributed by atoms with van der Waals surface area (Å²) in [5.74, 6) is -2.13. The number of nitrogen functional groups attached to an aromatic ring is 1. The Kier molecular flexibility index (Phi) is 3.93. The number of carbonyl (C=O) groups is 1. The lowest BCUT2D eigenvalue weighted by atomic mass is 10.2. The molecule has 0 fully saturated rings. The minimum Gasteiger partial charge on any atom is -0.381 e. The molecule has 0 atom stereocenters. The number of rotatable bonds is 3. The van der Waals surface area contributed by atoms with E-state index in [2.05, 4.69) is 4.98 Å². The van der Waals surface area contributed by atoms with Crippen molar-refractivity contribution in [2.45, 2.75) is 6.92 Å². The molecule has 2 rings (SSSR count). The predicted molar refractivity (Wildman–Crippen MR) is 72.4 cm³/mol. The zero-order valence-electron chi connectivity index (χ0n) is 10.8. The van der Waals surface area contributed by atoms with Gasteiger partial charge in [-0.25, -0.2) is 13.8 Å². The first-order valence-corrected chi connectivity index (χ1v) is 6.02. The molecule has 4 nitrogen and oxygen atoms in total. The Labute approximate surface area is 114 Å². The van der Waals surface area contributed by atoms with Crippen molar-refractivity contribution in [3.8, 4) is 0 Å². The van der Waals surface area contributed by atoms with E-state index in [0.717, 1.165) is 0 Å². The van der Waals surface area contributed by atoms with Crippen LogP contribution >= 0.6 is 0 Å². The van der Waals surface area contributed by atoms with Crippen molar-refractivity contribution in [2.75, 3.05) is 17.2 Å². The summed E-state index contributed by atoms with van der Waals surface area (Å²) >= 11 is 0. The standard InChI is InChI=1S/C14H13F2N3O/c1-2-19(10-5-3-9(15)4-6-10)14(20)11-7-8-18-13(17)12(11)16/h3-8H,2H2,1H3,(H2,17,18). The van der Waals surface area contributed by atoms with E-state index in [0.29, 0.717) is 12.2 Å². The van der Waals surface area contributed by atoms with Gasteiger partial charge in [-0.05, 0) is 37.3 Å². The Morgan fingerprint density at radius 1 is 1.25 bits per heavy atom. The zero-order chi connectivity index (χ0) is 14.7. The average molecular weight is 277 g/mol. The van der Waals surface area contributed by atoms with Gasteiger partial charge in [0.1, 0.15) is 5.82 Å². The SMILES string of the molecule is CCN(C(=O)c1ccnc(N)c1F)c1ccc(F)cc1. The van der Waals surface area contributed by atoms with Gasteiger partial charge < -0.3 is 10.6 Å². The number of carbonyl (C=O) groups excluding carboxylic acids is 1. The minimum atomic E-state index is -0.849. The van der Waals surface area contributed by atoms with Gasteiger partial charge in [-0.2, -0.15) is 0 Å². The Bertz CT molecular complexity index is 629.